The van der Waals surface area contributed by atoms with Gasteiger partial charge in [0.15, 0.2) is 0 Å². The lowest BCUT2D eigenvalue weighted by Gasteiger charge is -1.90. The molecule has 12 heavy (non-hydrogen) atoms. The number of allylic oxidation sites excluding steroid dienone is 3. The third-order valence-electron chi connectivity index (χ3n) is 1.16. The Morgan fingerprint density at radius 3 is 2.58 bits per heavy atom. The van der Waals surface area contributed by atoms with E-state index in [0.717, 1.165) is 12.0 Å². The van der Waals surface area contributed by atoms with Gasteiger partial charge in [-0.05, 0) is 18.1 Å². The predicted molar refractivity (Wildman–Crippen MR) is 51.1 cm³/mol. The Labute approximate surface area is 72.7 Å². The zero-order valence-corrected chi connectivity index (χ0v) is 7.45. The summed E-state index contributed by atoms with van der Waals surface area (Å²) in [4.78, 5) is 14.2. The van der Waals surface area contributed by atoms with Gasteiger partial charge >= 0.3 is 0 Å². The summed E-state index contributed by atoms with van der Waals surface area (Å²) in [6.45, 7) is 2.02. The number of nitrogens with zero attached hydrogens (tertiary/aromatic N) is 1. The van der Waals surface area contributed by atoms with Crippen molar-refractivity contribution in [1.82, 2.24) is 0 Å². The number of carbonyl (C=O) groups excluding carboxylic acids is 1. The number of hydrogen-bond acceptors (Lipinski definition) is 2. The molecule has 0 rings (SSSR count). The Morgan fingerprint density at radius 2 is 2.17 bits per heavy atom. The van der Waals surface area contributed by atoms with Crippen LogP contribution >= 0.6 is 0 Å². The lowest BCUT2D eigenvalue weighted by atomic mass is 10.2. The first-order valence-corrected chi connectivity index (χ1v) is 3.80. The molecule has 0 aromatic rings. The molecule has 3 nitrogen and oxygen atoms in total. The Bertz CT molecular complexity index is 227. The standard InChI is InChI=1S/C9H14N2O/c1-3-4-8(7-11-2)5-6-9(10)12/h4-7H,3H2,1-2H3,(H2,10,12)/b6-5+,8-4-,11-7?. The van der Waals surface area contributed by atoms with Gasteiger partial charge in [-0.1, -0.05) is 13.0 Å². The number of rotatable bonds is 4. The van der Waals surface area contributed by atoms with Gasteiger partial charge in [0.25, 0.3) is 0 Å². The Morgan fingerprint density at radius 1 is 1.50 bits per heavy atom. The quantitative estimate of drug-likeness (QED) is 0.379. The summed E-state index contributed by atoms with van der Waals surface area (Å²) in [5.41, 5.74) is 5.84. The molecule has 0 radical (unpaired) electrons. The van der Waals surface area contributed by atoms with Crippen LogP contribution in [0.15, 0.2) is 28.8 Å². The zero-order valence-electron chi connectivity index (χ0n) is 7.45. The average Bonchev–Trinajstić information content (AvgIpc) is 2.01. The molecule has 0 saturated carbocycles. The summed E-state index contributed by atoms with van der Waals surface area (Å²) in [6.07, 6.45) is 7.53. The van der Waals surface area contributed by atoms with Gasteiger partial charge in [-0.3, -0.25) is 9.79 Å². The summed E-state index contributed by atoms with van der Waals surface area (Å²) in [5, 5.41) is 0. The molecular formula is C9H14N2O. The van der Waals surface area contributed by atoms with Gasteiger partial charge in [-0.25, -0.2) is 0 Å². The molecule has 0 aliphatic carbocycles. The molecule has 0 heterocycles. The summed E-state index contributed by atoms with van der Waals surface area (Å²) < 4.78 is 0. The van der Waals surface area contributed by atoms with Crippen LogP contribution in [0.5, 0.6) is 0 Å². The van der Waals surface area contributed by atoms with Crippen molar-refractivity contribution < 1.29 is 4.79 Å². The summed E-state index contributed by atoms with van der Waals surface area (Å²) >= 11 is 0. The molecule has 0 aliphatic heterocycles. The van der Waals surface area contributed by atoms with Crippen LogP contribution in [0.3, 0.4) is 0 Å². The molecule has 0 spiro atoms. The van der Waals surface area contributed by atoms with E-state index in [1.54, 1.807) is 19.3 Å². The maximum Gasteiger partial charge on any atom is 0.241 e. The van der Waals surface area contributed by atoms with E-state index in [1.807, 2.05) is 13.0 Å². The van der Waals surface area contributed by atoms with Crippen molar-refractivity contribution in [3.05, 3.63) is 23.8 Å². The largest absolute Gasteiger partial charge is 0.366 e. The van der Waals surface area contributed by atoms with Crippen molar-refractivity contribution in [1.29, 1.82) is 0 Å². The van der Waals surface area contributed by atoms with Crippen LogP contribution in [0.4, 0.5) is 0 Å². The SMILES string of the molecule is CC/C=C(C=NC)/C=C/C(N)=O. The minimum Gasteiger partial charge on any atom is -0.366 e. The average molecular weight is 166 g/mol. The summed E-state index contributed by atoms with van der Waals surface area (Å²) in [5.74, 6) is -0.443. The molecule has 0 aromatic carbocycles. The van der Waals surface area contributed by atoms with Gasteiger partial charge in [0.2, 0.25) is 5.91 Å². The first-order valence-electron chi connectivity index (χ1n) is 3.80. The van der Waals surface area contributed by atoms with Crippen LogP contribution in [0.25, 0.3) is 0 Å². The van der Waals surface area contributed by atoms with Crippen LogP contribution in [-0.4, -0.2) is 19.2 Å². The highest BCUT2D eigenvalue weighted by Crippen LogP contribution is 1.95. The van der Waals surface area contributed by atoms with Crippen LogP contribution in [0, 0.1) is 0 Å². The number of aliphatic imine (C=N–C) groups is 1. The van der Waals surface area contributed by atoms with Crippen molar-refractivity contribution in [3.8, 4) is 0 Å². The highest BCUT2D eigenvalue weighted by molar-refractivity contribution is 5.90. The molecule has 2 N–H and O–H groups in total. The van der Waals surface area contributed by atoms with Gasteiger partial charge < -0.3 is 5.73 Å². The first-order chi connectivity index (χ1) is 5.70. The Kier molecular flexibility index (Phi) is 5.61. The first kappa shape index (κ1) is 10.6. The number of carbonyl (C=O) groups is 1. The molecule has 0 fully saturated rings. The summed E-state index contributed by atoms with van der Waals surface area (Å²) in [7, 11) is 1.68. The molecule has 1 amide bonds. The molecule has 0 unspecified atom stereocenters. The van der Waals surface area contributed by atoms with Crippen LogP contribution in [-0.2, 0) is 4.79 Å². The molecule has 0 aromatic heterocycles. The second-order valence-corrected chi connectivity index (χ2v) is 2.24. The highest BCUT2D eigenvalue weighted by atomic mass is 16.1. The molecule has 3 heteroatoms. The molecule has 66 valence electrons. The van der Waals surface area contributed by atoms with Gasteiger partial charge in [0.1, 0.15) is 0 Å². The van der Waals surface area contributed by atoms with E-state index in [4.69, 9.17) is 5.73 Å². The minimum absolute atomic E-state index is 0.443. The lowest BCUT2D eigenvalue weighted by Crippen LogP contribution is -2.05. The maximum atomic E-state index is 10.4. The predicted octanol–water partition coefficient (Wildman–Crippen LogP) is 1.06. The highest BCUT2D eigenvalue weighted by Gasteiger charge is 1.86. The van der Waals surface area contributed by atoms with E-state index >= 15 is 0 Å². The van der Waals surface area contributed by atoms with Crippen molar-refractivity contribution in [3.63, 3.8) is 0 Å². The number of amides is 1. The van der Waals surface area contributed by atoms with Crippen LogP contribution in [0.1, 0.15) is 13.3 Å². The topological polar surface area (TPSA) is 55.4 Å². The second-order valence-electron chi connectivity index (χ2n) is 2.24. The molecule has 0 saturated heterocycles. The maximum absolute atomic E-state index is 10.4. The molecule has 0 aliphatic rings. The van der Waals surface area contributed by atoms with Gasteiger partial charge in [0.05, 0.1) is 0 Å². The zero-order chi connectivity index (χ0) is 9.40. The Hall–Kier alpha value is -1.38. The van der Waals surface area contributed by atoms with Crippen LogP contribution in [0.2, 0.25) is 0 Å². The third kappa shape index (κ3) is 5.41. The van der Waals surface area contributed by atoms with E-state index in [0.29, 0.717) is 0 Å². The van der Waals surface area contributed by atoms with Gasteiger partial charge in [-0.15, -0.1) is 0 Å². The number of nitrogens with two attached hydrogens (primary N) is 1. The molecule has 0 atom stereocenters. The normalized spacial score (nSPS) is 13.0. The lowest BCUT2D eigenvalue weighted by molar-refractivity contribution is -0.113. The van der Waals surface area contributed by atoms with E-state index in [2.05, 4.69) is 4.99 Å². The fourth-order valence-corrected chi connectivity index (χ4v) is 0.727. The van der Waals surface area contributed by atoms with Crippen molar-refractivity contribution in [2.75, 3.05) is 7.05 Å². The van der Waals surface area contributed by atoms with Crippen molar-refractivity contribution in [2.24, 2.45) is 10.7 Å². The van der Waals surface area contributed by atoms with Crippen molar-refractivity contribution >= 4 is 12.1 Å². The molecular weight excluding hydrogens is 152 g/mol. The van der Waals surface area contributed by atoms with E-state index in [9.17, 15) is 4.79 Å². The fraction of sp³-hybridized carbons (Fsp3) is 0.333. The van der Waals surface area contributed by atoms with Gasteiger partial charge in [0, 0.05) is 19.3 Å². The number of hydrogen-bond donors (Lipinski definition) is 1. The van der Waals surface area contributed by atoms with Gasteiger partial charge in [-0.2, -0.15) is 0 Å². The van der Waals surface area contributed by atoms with Crippen LogP contribution < -0.4 is 5.73 Å². The van der Waals surface area contributed by atoms with E-state index < -0.39 is 5.91 Å². The number of primary amides is 1. The van der Waals surface area contributed by atoms with E-state index in [1.165, 1.54) is 6.08 Å². The monoisotopic (exact) mass is 166 g/mol. The van der Waals surface area contributed by atoms with Crippen molar-refractivity contribution in [2.45, 2.75) is 13.3 Å². The molecule has 0 bridgehead atoms. The van der Waals surface area contributed by atoms with E-state index in [-0.39, 0.29) is 0 Å². The second kappa shape index (κ2) is 6.34. The summed E-state index contributed by atoms with van der Waals surface area (Å²) in [6, 6.07) is 0. The third-order valence-corrected chi connectivity index (χ3v) is 1.16. The fourth-order valence-electron chi connectivity index (χ4n) is 0.727. The smallest absolute Gasteiger partial charge is 0.241 e. The Balaban J connectivity index is 4.33. The minimum atomic E-state index is -0.443.